The number of carbonyl (C=O) groups is 1. The van der Waals surface area contributed by atoms with E-state index in [0.717, 1.165) is 28.8 Å². The average molecular weight is 383 g/mol. The van der Waals surface area contributed by atoms with E-state index in [9.17, 15) is 18.0 Å². The van der Waals surface area contributed by atoms with Crippen LogP contribution in [0.25, 0.3) is 0 Å². The van der Waals surface area contributed by atoms with Gasteiger partial charge in [0.15, 0.2) is 0 Å². The van der Waals surface area contributed by atoms with Crippen LogP contribution in [0.4, 0.5) is 13.2 Å². The molecule has 2 nitrogen and oxygen atoms in total. The van der Waals surface area contributed by atoms with Crippen molar-refractivity contribution in [1.29, 1.82) is 0 Å². The molecule has 0 spiro atoms. The Balaban J connectivity index is 1.66. The lowest BCUT2D eigenvalue weighted by molar-refractivity contribution is -0.137. The molecule has 0 aliphatic rings. The first kappa shape index (κ1) is 19.7. The predicted molar refractivity (Wildman–Crippen MR) is 103 cm³/mol. The Morgan fingerprint density at radius 2 is 1.29 bits per heavy atom. The Morgan fingerprint density at radius 1 is 0.786 bits per heavy atom. The highest BCUT2D eigenvalue weighted by Gasteiger charge is 2.29. The number of amides is 1. The monoisotopic (exact) mass is 383 g/mol. The Hall–Kier alpha value is -3.08. The van der Waals surface area contributed by atoms with E-state index < -0.39 is 17.7 Å². The molecule has 0 aromatic heterocycles. The van der Waals surface area contributed by atoms with Crippen LogP contribution < -0.4 is 5.32 Å². The smallest absolute Gasteiger partial charge is 0.355 e. The fourth-order valence-electron chi connectivity index (χ4n) is 3.08. The van der Waals surface area contributed by atoms with Gasteiger partial charge in [0.1, 0.15) is 0 Å². The first-order valence-corrected chi connectivity index (χ1v) is 8.99. The Bertz CT molecular complexity index is 851. The molecular formula is C23H20F3NO. The van der Waals surface area contributed by atoms with Crippen molar-refractivity contribution in [3.8, 4) is 0 Å². The number of hydrogen-bond acceptors (Lipinski definition) is 1. The number of alkyl halides is 3. The van der Waals surface area contributed by atoms with E-state index in [0.29, 0.717) is 13.0 Å². The molecule has 1 N–H and O–H groups in total. The molecule has 0 aliphatic carbocycles. The third-order valence-corrected chi connectivity index (χ3v) is 4.52. The van der Waals surface area contributed by atoms with Gasteiger partial charge in [-0.1, -0.05) is 72.8 Å². The minimum absolute atomic E-state index is 0.135. The summed E-state index contributed by atoms with van der Waals surface area (Å²) in [4.78, 5) is 12.9. The molecule has 5 heteroatoms. The Morgan fingerprint density at radius 3 is 1.75 bits per heavy atom. The van der Waals surface area contributed by atoms with Crippen molar-refractivity contribution in [3.63, 3.8) is 0 Å². The van der Waals surface area contributed by atoms with Crippen LogP contribution >= 0.6 is 0 Å². The quantitative estimate of drug-likeness (QED) is 0.623. The van der Waals surface area contributed by atoms with Gasteiger partial charge in [0, 0.05) is 6.54 Å². The summed E-state index contributed by atoms with van der Waals surface area (Å²) in [7, 11) is 0. The summed E-state index contributed by atoms with van der Waals surface area (Å²) in [5.74, 6) is -0.570. The largest absolute Gasteiger partial charge is 0.416 e. The van der Waals surface area contributed by atoms with E-state index in [-0.39, 0.29) is 5.91 Å². The van der Waals surface area contributed by atoms with Gasteiger partial charge < -0.3 is 5.32 Å². The molecule has 0 aliphatic heterocycles. The Labute approximate surface area is 162 Å². The maximum Gasteiger partial charge on any atom is 0.416 e. The van der Waals surface area contributed by atoms with E-state index in [1.807, 2.05) is 60.7 Å². The molecule has 3 rings (SSSR count). The van der Waals surface area contributed by atoms with Crippen molar-refractivity contribution in [2.24, 2.45) is 0 Å². The topological polar surface area (TPSA) is 29.1 Å². The lowest BCUT2D eigenvalue weighted by Crippen LogP contribution is -2.31. The minimum atomic E-state index is -4.34. The van der Waals surface area contributed by atoms with E-state index in [1.54, 1.807) is 0 Å². The van der Waals surface area contributed by atoms with Crippen LogP contribution in [0.2, 0.25) is 0 Å². The molecule has 144 valence electrons. The van der Waals surface area contributed by atoms with Gasteiger partial charge in [-0.15, -0.1) is 0 Å². The zero-order chi connectivity index (χ0) is 20.0. The van der Waals surface area contributed by atoms with E-state index in [2.05, 4.69) is 5.32 Å². The second-order valence-corrected chi connectivity index (χ2v) is 6.49. The summed E-state index contributed by atoms with van der Waals surface area (Å²) in [5.41, 5.74) is 1.85. The van der Waals surface area contributed by atoms with Crippen molar-refractivity contribution < 1.29 is 18.0 Å². The second-order valence-electron chi connectivity index (χ2n) is 6.49. The highest BCUT2D eigenvalue weighted by atomic mass is 19.4. The van der Waals surface area contributed by atoms with Gasteiger partial charge in [0.2, 0.25) is 5.91 Å². The molecule has 0 heterocycles. The lowest BCUT2D eigenvalue weighted by atomic mass is 9.90. The average Bonchev–Trinajstić information content (AvgIpc) is 2.70. The maximum absolute atomic E-state index is 12.9. The van der Waals surface area contributed by atoms with Crippen LogP contribution in [0.5, 0.6) is 0 Å². The van der Waals surface area contributed by atoms with E-state index >= 15 is 0 Å². The molecule has 0 atom stereocenters. The van der Waals surface area contributed by atoms with Crippen LogP contribution in [-0.2, 0) is 17.4 Å². The molecule has 1 amide bonds. The zero-order valence-corrected chi connectivity index (χ0v) is 15.1. The highest BCUT2D eigenvalue weighted by Crippen LogP contribution is 2.29. The molecular weight excluding hydrogens is 363 g/mol. The molecule has 0 radical (unpaired) electrons. The van der Waals surface area contributed by atoms with Crippen LogP contribution in [0.15, 0.2) is 84.9 Å². The van der Waals surface area contributed by atoms with Crippen molar-refractivity contribution in [2.45, 2.75) is 18.5 Å². The fraction of sp³-hybridized carbons (Fsp3) is 0.174. The summed E-state index contributed by atoms with van der Waals surface area (Å²) < 4.78 is 37.9. The number of rotatable bonds is 6. The summed E-state index contributed by atoms with van der Waals surface area (Å²) in [5, 5.41) is 2.91. The standard InChI is InChI=1S/C23H20F3NO/c24-23(25,26)20-13-11-17(12-14-20)15-16-27-22(28)21(18-7-3-1-4-8-18)19-9-5-2-6-10-19/h1-14,21H,15-16H2,(H,27,28). The highest BCUT2D eigenvalue weighted by molar-refractivity contribution is 5.87. The first-order valence-electron chi connectivity index (χ1n) is 8.99. The molecule has 28 heavy (non-hydrogen) atoms. The van der Waals surface area contributed by atoms with E-state index in [1.165, 1.54) is 12.1 Å². The van der Waals surface area contributed by atoms with Gasteiger partial charge in [0.05, 0.1) is 11.5 Å². The number of halogens is 3. The third-order valence-electron chi connectivity index (χ3n) is 4.52. The lowest BCUT2D eigenvalue weighted by Gasteiger charge is -2.18. The van der Waals surface area contributed by atoms with Crippen LogP contribution in [0.1, 0.15) is 28.2 Å². The molecule has 0 fully saturated rings. The molecule has 0 saturated carbocycles. The van der Waals surface area contributed by atoms with Gasteiger partial charge in [0.25, 0.3) is 0 Å². The van der Waals surface area contributed by atoms with Gasteiger partial charge in [-0.2, -0.15) is 13.2 Å². The molecule has 0 unspecified atom stereocenters. The van der Waals surface area contributed by atoms with Gasteiger partial charge in [-0.3, -0.25) is 4.79 Å². The summed E-state index contributed by atoms with van der Waals surface area (Å²) in [6.07, 6.45) is -3.88. The normalized spacial score (nSPS) is 11.4. The van der Waals surface area contributed by atoms with Crippen LogP contribution in [-0.4, -0.2) is 12.5 Å². The molecule has 0 bridgehead atoms. The second kappa shape index (κ2) is 8.74. The molecule has 3 aromatic carbocycles. The Kier molecular flexibility index (Phi) is 6.14. The fourth-order valence-corrected chi connectivity index (χ4v) is 3.08. The summed E-state index contributed by atoms with van der Waals surface area (Å²) in [6, 6.07) is 24.0. The number of nitrogens with one attached hydrogen (secondary N) is 1. The zero-order valence-electron chi connectivity index (χ0n) is 15.1. The summed E-state index contributed by atoms with van der Waals surface area (Å²) >= 11 is 0. The van der Waals surface area contributed by atoms with E-state index in [4.69, 9.17) is 0 Å². The van der Waals surface area contributed by atoms with Crippen molar-refractivity contribution in [2.75, 3.05) is 6.54 Å². The van der Waals surface area contributed by atoms with Gasteiger partial charge >= 0.3 is 6.18 Å². The van der Waals surface area contributed by atoms with Gasteiger partial charge in [-0.05, 0) is 35.2 Å². The van der Waals surface area contributed by atoms with Crippen LogP contribution in [0, 0.1) is 0 Å². The minimum Gasteiger partial charge on any atom is -0.355 e. The maximum atomic E-state index is 12.9. The van der Waals surface area contributed by atoms with Crippen LogP contribution in [0.3, 0.4) is 0 Å². The third kappa shape index (κ3) is 5.00. The number of carbonyl (C=O) groups excluding carboxylic acids is 1. The number of benzene rings is 3. The summed E-state index contributed by atoms with van der Waals surface area (Å²) in [6.45, 7) is 0.348. The van der Waals surface area contributed by atoms with Gasteiger partial charge in [-0.25, -0.2) is 0 Å². The van der Waals surface area contributed by atoms with Crippen molar-refractivity contribution in [3.05, 3.63) is 107 Å². The first-order chi connectivity index (χ1) is 13.4. The molecule has 0 saturated heterocycles. The molecule has 3 aromatic rings. The predicted octanol–water partition coefficient (Wildman–Crippen LogP) is 5.20. The number of hydrogen-bond donors (Lipinski definition) is 1. The van der Waals surface area contributed by atoms with Crippen molar-refractivity contribution in [1.82, 2.24) is 5.32 Å². The van der Waals surface area contributed by atoms with Crippen molar-refractivity contribution >= 4 is 5.91 Å². The SMILES string of the molecule is O=C(NCCc1ccc(C(F)(F)F)cc1)C(c1ccccc1)c1ccccc1.